The standard InChI is InChI=1S/C23H32N4O2S/c28-22-20-18-11-12-26(23(29)25-17-9-5-2-6-10-17)14-19(18)30-21(20)24-15-27(22)13-16-7-3-1-4-8-16/h15-17H,1-14H2,(H,25,29). The van der Waals surface area contributed by atoms with Crippen molar-refractivity contribution in [3.8, 4) is 0 Å². The molecule has 3 aliphatic rings. The SMILES string of the molecule is O=C(NC1CCCCC1)N1CCc2c(sc3ncn(CC4CCCCC4)c(=O)c23)C1. The number of carbonyl (C=O) groups is 1. The predicted octanol–water partition coefficient (Wildman–Crippen LogP) is 4.44. The molecule has 0 spiro atoms. The molecular formula is C23H32N4O2S. The van der Waals surface area contributed by atoms with Gasteiger partial charge in [0.15, 0.2) is 0 Å². The number of nitrogens with one attached hydrogen (secondary N) is 1. The van der Waals surface area contributed by atoms with Gasteiger partial charge in [-0.25, -0.2) is 9.78 Å². The molecule has 7 heteroatoms. The molecule has 5 rings (SSSR count). The fraction of sp³-hybridized carbons (Fsp3) is 0.696. The van der Waals surface area contributed by atoms with Crippen LogP contribution in [0.1, 0.15) is 74.6 Å². The summed E-state index contributed by atoms with van der Waals surface area (Å²) in [7, 11) is 0. The van der Waals surface area contributed by atoms with Gasteiger partial charge in [-0.3, -0.25) is 9.36 Å². The molecule has 162 valence electrons. The van der Waals surface area contributed by atoms with E-state index in [0.29, 0.717) is 25.0 Å². The molecule has 2 aromatic rings. The van der Waals surface area contributed by atoms with Crippen molar-refractivity contribution in [2.75, 3.05) is 6.54 Å². The Morgan fingerprint density at radius 3 is 2.60 bits per heavy atom. The van der Waals surface area contributed by atoms with Crippen molar-refractivity contribution in [2.45, 2.75) is 89.8 Å². The zero-order valence-corrected chi connectivity index (χ0v) is 18.5. The summed E-state index contributed by atoms with van der Waals surface area (Å²) in [6.45, 7) is 2.06. The first kappa shape index (κ1) is 20.0. The van der Waals surface area contributed by atoms with Gasteiger partial charge in [-0.1, -0.05) is 38.5 Å². The lowest BCUT2D eigenvalue weighted by Gasteiger charge is -2.30. The molecule has 0 bridgehead atoms. The zero-order valence-electron chi connectivity index (χ0n) is 17.7. The van der Waals surface area contributed by atoms with Gasteiger partial charge in [-0.2, -0.15) is 0 Å². The van der Waals surface area contributed by atoms with E-state index in [1.165, 1.54) is 51.4 Å². The van der Waals surface area contributed by atoms with Gasteiger partial charge in [0.2, 0.25) is 0 Å². The normalized spacial score (nSPS) is 21.0. The van der Waals surface area contributed by atoms with E-state index in [-0.39, 0.29) is 11.6 Å². The average molecular weight is 429 g/mol. The summed E-state index contributed by atoms with van der Waals surface area (Å²) in [6, 6.07) is 0.372. The van der Waals surface area contributed by atoms with Gasteiger partial charge in [-0.15, -0.1) is 11.3 Å². The van der Waals surface area contributed by atoms with Gasteiger partial charge in [0.25, 0.3) is 5.56 Å². The minimum absolute atomic E-state index is 0.0488. The van der Waals surface area contributed by atoms with Crippen LogP contribution in [0.25, 0.3) is 10.2 Å². The minimum Gasteiger partial charge on any atom is -0.335 e. The van der Waals surface area contributed by atoms with Crippen LogP contribution in [0.4, 0.5) is 4.79 Å². The first-order valence-corrected chi connectivity index (χ1v) is 12.6. The Bertz CT molecular complexity index is 969. The highest BCUT2D eigenvalue weighted by molar-refractivity contribution is 7.18. The lowest BCUT2D eigenvalue weighted by molar-refractivity contribution is 0.185. The topological polar surface area (TPSA) is 67.2 Å². The summed E-state index contributed by atoms with van der Waals surface area (Å²) in [5.74, 6) is 0.601. The molecule has 0 atom stereocenters. The van der Waals surface area contributed by atoms with E-state index in [4.69, 9.17) is 0 Å². The number of hydrogen-bond donors (Lipinski definition) is 1. The fourth-order valence-corrected chi connectivity index (χ4v) is 6.68. The Balaban J connectivity index is 1.33. The second-order valence-electron chi connectivity index (χ2n) is 9.35. The minimum atomic E-state index is 0.0488. The van der Waals surface area contributed by atoms with Crippen molar-refractivity contribution in [3.05, 3.63) is 27.1 Å². The number of aromatic nitrogens is 2. The second-order valence-corrected chi connectivity index (χ2v) is 10.4. The number of amides is 2. The number of hydrogen-bond acceptors (Lipinski definition) is 4. The van der Waals surface area contributed by atoms with E-state index in [1.807, 2.05) is 9.47 Å². The van der Waals surface area contributed by atoms with Crippen LogP contribution in [0.5, 0.6) is 0 Å². The molecule has 0 radical (unpaired) electrons. The molecule has 0 aromatic carbocycles. The van der Waals surface area contributed by atoms with Gasteiger partial charge >= 0.3 is 6.03 Å². The number of thiophene rings is 1. The molecule has 1 N–H and O–H groups in total. The van der Waals surface area contributed by atoms with Gasteiger partial charge < -0.3 is 10.2 Å². The third-order valence-electron chi connectivity index (χ3n) is 7.23. The molecule has 6 nitrogen and oxygen atoms in total. The van der Waals surface area contributed by atoms with Crippen LogP contribution in [-0.2, 0) is 19.5 Å². The Labute approximate surface area is 181 Å². The molecule has 2 amide bonds. The summed E-state index contributed by atoms with van der Waals surface area (Å²) in [5.41, 5.74) is 1.25. The molecule has 2 aliphatic carbocycles. The molecule has 1 aliphatic heterocycles. The Morgan fingerprint density at radius 1 is 1.10 bits per heavy atom. The van der Waals surface area contributed by atoms with Crippen molar-refractivity contribution in [1.29, 1.82) is 0 Å². The number of nitrogens with zero attached hydrogens (tertiary/aromatic N) is 3. The maximum absolute atomic E-state index is 13.3. The highest BCUT2D eigenvalue weighted by atomic mass is 32.1. The van der Waals surface area contributed by atoms with Gasteiger partial charge in [-0.05, 0) is 43.6 Å². The molecular weight excluding hydrogens is 396 g/mol. The van der Waals surface area contributed by atoms with Gasteiger partial charge in [0.1, 0.15) is 4.83 Å². The summed E-state index contributed by atoms with van der Waals surface area (Å²) >= 11 is 1.59. The summed E-state index contributed by atoms with van der Waals surface area (Å²) in [6.07, 6.45) is 14.7. The molecule has 0 unspecified atom stereocenters. The van der Waals surface area contributed by atoms with Crippen LogP contribution < -0.4 is 10.9 Å². The first-order valence-electron chi connectivity index (χ1n) is 11.7. The maximum atomic E-state index is 13.3. The van der Waals surface area contributed by atoms with Gasteiger partial charge in [0, 0.05) is 24.0 Å². The van der Waals surface area contributed by atoms with E-state index in [0.717, 1.165) is 46.5 Å². The van der Waals surface area contributed by atoms with Crippen LogP contribution in [-0.4, -0.2) is 33.1 Å². The highest BCUT2D eigenvalue weighted by Gasteiger charge is 2.28. The third kappa shape index (κ3) is 4.01. The van der Waals surface area contributed by atoms with Crippen LogP contribution >= 0.6 is 11.3 Å². The molecule has 0 saturated heterocycles. The van der Waals surface area contributed by atoms with Crippen LogP contribution in [0.15, 0.2) is 11.1 Å². The number of rotatable bonds is 3. The largest absolute Gasteiger partial charge is 0.335 e. The second kappa shape index (κ2) is 8.69. The Hall–Kier alpha value is -1.89. The smallest absolute Gasteiger partial charge is 0.317 e. The summed E-state index contributed by atoms with van der Waals surface area (Å²) in [5, 5.41) is 4.04. The molecule has 3 heterocycles. The zero-order chi connectivity index (χ0) is 20.5. The lowest BCUT2D eigenvalue weighted by Crippen LogP contribution is -2.47. The van der Waals surface area contributed by atoms with Crippen LogP contribution in [0.3, 0.4) is 0 Å². The lowest BCUT2D eigenvalue weighted by atomic mass is 9.89. The molecule has 2 fully saturated rings. The molecule has 2 aromatic heterocycles. The monoisotopic (exact) mass is 428 g/mol. The molecule has 30 heavy (non-hydrogen) atoms. The van der Waals surface area contributed by atoms with Gasteiger partial charge in [0.05, 0.1) is 18.3 Å². The van der Waals surface area contributed by atoms with Crippen molar-refractivity contribution in [1.82, 2.24) is 19.8 Å². The van der Waals surface area contributed by atoms with Crippen molar-refractivity contribution >= 4 is 27.6 Å². The Kier molecular flexibility index (Phi) is 5.81. The van der Waals surface area contributed by atoms with Crippen molar-refractivity contribution in [2.24, 2.45) is 5.92 Å². The number of fused-ring (bicyclic) bond motifs is 3. The van der Waals surface area contributed by atoms with E-state index < -0.39 is 0 Å². The van der Waals surface area contributed by atoms with E-state index in [9.17, 15) is 9.59 Å². The number of carbonyl (C=O) groups excluding carboxylic acids is 1. The van der Waals surface area contributed by atoms with Crippen molar-refractivity contribution < 1.29 is 4.79 Å². The van der Waals surface area contributed by atoms with E-state index in [1.54, 1.807) is 17.7 Å². The number of urea groups is 1. The Morgan fingerprint density at radius 2 is 1.83 bits per heavy atom. The van der Waals surface area contributed by atoms with E-state index in [2.05, 4.69) is 10.3 Å². The summed E-state index contributed by atoms with van der Waals surface area (Å²) in [4.78, 5) is 34.5. The summed E-state index contributed by atoms with van der Waals surface area (Å²) < 4.78 is 1.84. The first-order chi connectivity index (χ1) is 14.7. The van der Waals surface area contributed by atoms with Crippen LogP contribution in [0.2, 0.25) is 0 Å². The maximum Gasteiger partial charge on any atom is 0.317 e. The third-order valence-corrected chi connectivity index (χ3v) is 8.35. The quantitative estimate of drug-likeness (QED) is 0.786. The van der Waals surface area contributed by atoms with Crippen LogP contribution in [0, 0.1) is 5.92 Å². The van der Waals surface area contributed by atoms with E-state index >= 15 is 0 Å². The predicted molar refractivity (Wildman–Crippen MR) is 120 cm³/mol. The highest BCUT2D eigenvalue weighted by Crippen LogP contribution is 2.33. The molecule has 2 saturated carbocycles. The fourth-order valence-electron chi connectivity index (χ4n) is 5.48. The average Bonchev–Trinajstić information content (AvgIpc) is 3.15. The van der Waals surface area contributed by atoms with Crippen molar-refractivity contribution in [3.63, 3.8) is 0 Å².